The van der Waals surface area contributed by atoms with Crippen molar-refractivity contribution in [1.29, 1.82) is 0 Å². The highest BCUT2D eigenvalue weighted by Gasteiger charge is 2.36. The van der Waals surface area contributed by atoms with Gasteiger partial charge in [0.25, 0.3) is 11.8 Å². The largest absolute Gasteiger partial charge is 0.371 e. The molecule has 94 valence electrons. The van der Waals surface area contributed by atoms with Crippen molar-refractivity contribution in [2.45, 2.75) is 19.3 Å². The Morgan fingerprint density at radius 1 is 1.00 bits per heavy atom. The fourth-order valence-corrected chi connectivity index (χ4v) is 2.78. The Balaban J connectivity index is 2.08. The zero-order chi connectivity index (χ0) is 12.7. The van der Waals surface area contributed by atoms with Gasteiger partial charge in [0.15, 0.2) is 0 Å². The van der Waals surface area contributed by atoms with E-state index in [9.17, 15) is 9.59 Å². The van der Waals surface area contributed by atoms with Crippen molar-refractivity contribution in [3.63, 3.8) is 0 Å². The number of imide groups is 1. The van der Waals surface area contributed by atoms with Crippen molar-refractivity contribution in [2.75, 3.05) is 25.0 Å². The Hall–Kier alpha value is -1.84. The summed E-state index contributed by atoms with van der Waals surface area (Å²) in [6.07, 6.45) is 3.56. The van der Waals surface area contributed by atoms with Gasteiger partial charge in [-0.2, -0.15) is 0 Å². The van der Waals surface area contributed by atoms with Crippen LogP contribution in [0.3, 0.4) is 0 Å². The zero-order valence-corrected chi connectivity index (χ0v) is 10.5. The van der Waals surface area contributed by atoms with Crippen molar-refractivity contribution < 1.29 is 9.59 Å². The summed E-state index contributed by atoms with van der Waals surface area (Å²) in [5, 5.41) is 0. The molecule has 1 fully saturated rings. The first kappa shape index (κ1) is 11.3. The topological polar surface area (TPSA) is 40.6 Å². The predicted octanol–water partition coefficient (Wildman–Crippen LogP) is 1.90. The normalized spacial score (nSPS) is 19.4. The van der Waals surface area contributed by atoms with Crippen LogP contribution in [0.25, 0.3) is 0 Å². The third-order valence-corrected chi connectivity index (χ3v) is 3.79. The van der Waals surface area contributed by atoms with Gasteiger partial charge in [-0.25, -0.2) is 0 Å². The summed E-state index contributed by atoms with van der Waals surface area (Å²) in [6, 6.07) is 5.56. The number of rotatable bonds is 1. The molecule has 1 saturated heterocycles. The van der Waals surface area contributed by atoms with Crippen molar-refractivity contribution in [3.8, 4) is 0 Å². The molecule has 0 spiro atoms. The molecule has 3 rings (SSSR count). The molecule has 18 heavy (non-hydrogen) atoms. The molecule has 1 aromatic carbocycles. The van der Waals surface area contributed by atoms with E-state index in [0.717, 1.165) is 31.6 Å². The minimum Gasteiger partial charge on any atom is -0.371 e. The second-order valence-electron chi connectivity index (χ2n) is 4.92. The van der Waals surface area contributed by atoms with E-state index in [1.807, 2.05) is 12.1 Å². The van der Waals surface area contributed by atoms with E-state index in [1.165, 1.54) is 11.3 Å². The molecule has 0 unspecified atom stereocenters. The molecular formula is C14H16N2O2. The fraction of sp³-hybridized carbons (Fsp3) is 0.429. The summed E-state index contributed by atoms with van der Waals surface area (Å²) in [5.74, 6) is -0.356. The molecular weight excluding hydrogens is 228 g/mol. The van der Waals surface area contributed by atoms with Gasteiger partial charge in [0.05, 0.1) is 16.8 Å². The molecule has 4 nitrogen and oxygen atoms in total. The highest BCUT2D eigenvalue weighted by Crippen LogP contribution is 2.32. The predicted molar refractivity (Wildman–Crippen MR) is 68.9 cm³/mol. The third-order valence-electron chi connectivity index (χ3n) is 3.79. The second kappa shape index (κ2) is 4.12. The number of hydrogen-bond donors (Lipinski definition) is 0. The third kappa shape index (κ3) is 1.52. The molecule has 2 aliphatic heterocycles. The van der Waals surface area contributed by atoms with Crippen LogP contribution >= 0.6 is 0 Å². The highest BCUT2D eigenvalue weighted by atomic mass is 16.2. The first-order valence-corrected chi connectivity index (χ1v) is 6.40. The number of nitrogens with zero attached hydrogens (tertiary/aromatic N) is 2. The molecule has 0 radical (unpaired) electrons. The Morgan fingerprint density at radius 2 is 1.72 bits per heavy atom. The Labute approximate surface area is 106 Å². The van der Waals surface area contributed by atoms with Crippen LogP contribution < -0.4 is 4.90 Å². The maximum absolute atomic E-state index is 12.1. The first-order chi connectivity index (χ1) is 8.70. The molecule has 1 aromatic rings. The summed E-state index contributed by atoms with van der Waals surface area (Å²) < 4.78 is 0. The summed E-state index contributed by atoms with van der Waals surface area (Å²) in [6.45, 7) is 1.95. The van der Waals surface area contributed by atoms with E-state index in [1.54, 1.807) is 13.1 Å². The van der Waals surface area contributed by atoms with Gasteiger partial charge in [-0.1, -0.05) is 6.07 Å². The molecule has 0 saturated carbocycles. The number of carbonyl (C=O) groups excluding carboxylic acids is 2. The van der Waals surface area contributed by atoms with E-state index in [2.05, 4.69) is 4.90 Å². The highest BCUT2D eigenvalue weighted by molar-refractivity contribution is 6.23. The van der Waals surface area contributed by atoms with Crippen molar-refractivity contribution >= 4 is 17.5 Å². The van der Waals surface area contributed by atoms with Gasteiger partial charge in [0.1, 0.15) is 0 Å². The van der Waals surface area contributed by atoms with Crippen LogP contribution in [0.1, 0.15) is 40.0 Å². The van der Waals surface area contributed by atoms with E-state index < -0.39 is 0 Å². The van der Waals surface area contributed by atoms with Gasteiger partial charge in [-0.3, -0.25) is 14.5 Å². The van der Waals surface area contributed by atoms with Crippen LogP contribution in [-0.2, 0) is 0 Å². The van der Waals surface area contributed by atoms with Gasteiger partial charge in [0, 0.05) is 20.1 Å². The summed E-state index contributed by atoms with van der Waals surface area (Å²) in [5.41, 5.74) is 2.06. The number of fused-ring (bicyclic) bond motifs is 1. The van der Waals surface area contributed by atoms with Crippen LogP contribution in [0, 0.1) is 0 Å². The number of anilines is 1. The Morgan fingerprint density at radius 3 is 2.44 bits per heavy atom. The van der Waals surface area contributed by atoms with Crippen LogP contribution in [0.4, 0.5) is 5.69 Å². The van der Waals surface area contributed by atoms with E-state index in [4.69, 9.17) is 0 Å². The number of carbonyl (C=O) groups is 2. The molecule has 0 aliphatic carbocycles. The van der Waals surface area contributed by atoms with Gasteiger partial charge < -0.3 is 4.90 Å². The molecule has 4 heteroatoms. The smallest absolute Gasteiger partial charge is 0.263 e. The molecule has 0 atom stereocenters. The van der Waals surface area contributed by atoms with E-state index in [-0.39, 0.29) is 11.8 Å². The molecule has 0 bridgehead atoms. The maximum Gasteiger partial charge on any atom is 0.263 e. The average molecular weight is 244 g/mol. The lowest BCUT2D eigenvalue weighted by Gasteiger charge is -2.29. The molecule has 2 heterocycles. The number of hydrogen-bond acceptors (Lipinski definition) is 3. The Bertz CT molecular complexity index is 519. The quantitative estimate of drug-likeness (QED) is 0.708. The van der Waals surface area contributed by atoms with Crippen LogP contribution in [-0.4, -0.2) is 36.9 Å². The molecule has 0 N–H and O–H groups in total. The molecule has 2 amide bonds. The van der Waals surface area contributed by atoms with Crippen molar-refractivity contribution in [3.05, 3.63) is 29.3 Å². The van der Waals surface area contributed by atoms with Gasteiger partial charge in [-0.05, 0) is 31.4 Å². The van der Waals surface area contributed by atoms with Crippen LogP contribution in [0.15, 0.2) is 18.2 Å². The van der Waals surface area contributed by atoms with Gasteiger partial charge in [0.2, 0.25) is 0 Å². The number of benzene rings is 1. The number of amides is 2. The SMILES string of the molecule is CN1C(=O)c2cccc(N3CCCCC3)c2C1=O. The minimum atomic E-state index is -0.186. The van der Waals surface area contributed by atoms with Crippen LogP contribution in [0.5, 0.6) is 0 Å². The minimum absolute atomic E-state index is 0.170. The maximum atomic E-state index is 12.1. The standard InChI is InChI=1S/C14H16N2O2/c1-15-13(17)10-6-5-7-11(12(10)14(15)18)16-8-3-2-4-9-16/h5-7H,2-4,8-9H2,1H3. The Kier molecular flexibility index (Phi) is 2.58. The fourth-order valence-electron chi connectivity index (χ4n) is 2.78. The van der Waals surface area contributed by atoms with Gasteiger partial charge >= 0.3 is 0 Å². The van der Waals surface area contributed by atoms with E-state index >= 15 is 0 Å². The molecule has 0 aromatic heterocycles. The summed E-state index contributed by atoms with van der Waals surface area (Å²) in [7, 11) is 1.55. The monoisotopic (exact) mass is 244 g/mol. The molecule has 2 aliphatic rings. The first-order valence-electron chi connectivity index (χ1n) is 6.40. The van der Waals surface area contributed by atoms with Gasteiger partial charge in [-0.15, -0.1) is 0 Å². The number of piperidine rings is 1. The summed E-state index contributed by atoms with van der Waals surface area (Å²) >= 11 is 0. The van der Waals surface area contributed by atoms with Crippen molar-refractivity contribution in [1.82, 2.24) is 4.90 Å². The summed E-state index contributed by atoms with van der Waals surface area (Å²) in [4.78, 5) is 27.5. The second-order valence-corrected chi connectivity index (χ2v) is 4.92. The average Bonchev–Trinajstić information content (AvgIpc) is 2.65. The lowest BCUT2D eigenvalue weighted by molar-refractivity contribution is 0.0693. The van der Waals surface area contributed by atoms with Crippen molar-refractivity contribution in [2.24, 2.45) is 0 Å². The lowest BCUT2D eigenvalue weighted by atomic mass is 10.0. The zero-order valence-electron chi connectivity index (χ0n) is 10.5. The van der Waals surface area contributed by atoms with Crippen LogP contribution in [0.2, 0.25) is 0 Å². The van der Waals surface area contributed by atoms with E-state index in [0.29, 0.717) is 11.1 Å². The lowest BCUT2D eigenvalue weighted by Crippen LogP contribution is -2.31.